The molecular weight excluding hydrogens is 216 g/mol. The molecule has 2 rings (SSSR count). The van der Waals surface area contributed by atoms with Gasteiger partial charge in [0.15, 0.2) is 0 Å². The molecule has 16 heavy (non-hydrogen) atoms. The molecule has 1 heterocycles. The Balaban J connectivity index is 1.93. The van der Waals surface area contributed by atoms with E-state index in [9.17, 15) is 0 Å². The Bertz CT molecular complexity index is 357. The van der Waals surface area contributed by atoms with Crippen LogP contribution in [0.1, 0.15) is 56.7 Å². The monoisotopic (exact) mass is 238 g/mol. The second-order valence-electron chi connectivity index (χ2n) is 5.68. The fourth-order valence-corrected chi connectivity index (χ4v) is 3.35. The van der Waals surface area contributed by atoms with Gasteiger partial charge >= 0.3 is 0 Å². The quantitative estimate of drug-likeness (QED) is 0.854. The van der Waals surface area contributed by atoms with Crippen LogP contribution in [0.5, 0.6) is 0 Å². The van der Waals surface area contributed by atoms with E-state index >= 15 is 0 Å². The third kappa shape index (κ3) is 2.64. The van der Waals surface area contributed by atoms with Gasteiger partial charge in [-0.15, -0.1) is 11.3 Å². The van der Waals surface area contributed by atoms with Crippen molar-refractivity contribution >= 4 is 11.3 Å². The number of rotatable bonds is 5. The van der Waals surface area contributed by atoms with Crippen LogP contribution >= 0.6 is 11.3 Å². The zero-order valence-corrected chi connectivity index (χ0v) is 11.3. The van der Waals surface area contributed by atoms with Gasteiger partial charge in [-0.1, -0.05) is 27.2 Å². The summed E-state index contributed by atoms with van der Waals surface area (Å²) in [6.07, 6.45) is 4.49. The lowest BCUT2D eigenvalue weighted by atomic mass is 10.1. The average molecular weight is 238 g/mol. The highest BCUT2D eigenvalue weighted by molar-refractivity contribution is 7.09. The molecule has 1 saturated carbocycles. The lowest BCUT2D eigenvalue weighted by molar-refractivity contribution is 0.591. The maximum absolute atomic E-state index is 6.04. The van der Waals surface area contributed by atoms with E-state index in [1.54, 1.807) is 0 Å². The van der Waals surface area contributed by atoms with Gasteiger partial charge in [0.1, 0.15) is 0 Å². The topological polar surface area (TPSA) is 38.9 Å². The molecule has 1 aliphatic carbocycles. The maximum atomic E-state index is 6.04. The van der Waals surface area contributed by atoms with Gasteiger partial charge in [-0.2, -0.15) is 0 Å². The van der Waals surface area contributed by atoms with Crippen molar-refractivity contribution in [2.24, 2.45) is 11.1 Å². The minimum Gasteiger partial charge on any atom is -0.327 e. The molecule has 0 saturated heterocycles. The van der Waals surface area contributed by atoms with Crippen LogP contribution in [0, 0.1) is 5.41 Å². The van der Waals surface area contributed by atoms with Crippen LogP contribution in [0.3, 0.4) is 0 Å². The summed E-state index contributed by atoms with van der Waals surface area (Å²) in [4.78, 5) is 4.73. The highest BCUT2D eigenvalue weighted by atomic mass is 32.1. The van der Waals surface area contributed by atoms with Gasteiger partial charge in [-0.3, -0.25) is 0 Å². The molecule has 0 aromatic carbocycles. The zero-order chi connectivity index (χ0) is 11.8. The summed E-state index contributed by atoms with van der Waals surface area (Å²) in [6.45, 7) is 6.82. The SMILES string of the molecule is CCCC(N)Cc1csc(C2CC2(C)C)n1. The highest BCUT2D eigenvalue weighted by Crippen LogP contribution is 2.59. The molecule has 1 aliphatic rings. The van der Waals surface area contributed by atoms with Crippen molar-refractivity contribution in [1.82, 2.24) is 4.98 Å². The molecule has 0 aliphatic heterocycles. The fraction of sp³-hybridized carbons (Fsp3) is 0.769. The summed E-state index contributed by atoms with van der Waals surface area (Å²) in [7, 11) is 0. The first-order chi connectivity index (χ1) is 7.53. The van der Waals surface area contributed by atoms with E-state index in [-0.39, 0.29) is 6.04 Å². The number of hydrogen-bond donors (Lipinski definition) is 1. The molecule has 1 fully saturated rings. The predicted molar refractivity (Wildman–Crippen MR) is 69.8 cm³/mol. The Labute approximate surface area is 102 Å². The zero-order valence-electron chi connectivity index (χ0n) is 10.5. The molecule has 0 amide bonds. The van der Waals surface area contributed by atoms with Gasteiger partial charge < -0.3 is 5.73 Å². The van der Waals surface area contributed by atoms with Crippen LogP contribution in [0.15, 0.2) is 5.38 Å². The Morgan fingerprint density at radius 2 is 2.31 bits per heavy atom. The third-order valence-electron chi connectivity index (χ3n) is 3.51. The first-order valence-electron chi connectivity index (χ1n) is 6.23. The molecule has 0 spiro atoms. The van der Waals surface area contributed by atoms with Crippen LogP contribution < -0.4 is 5.73 Å². The van der Waals surface area contributed by atoms with E-state index in [0.717, 1.165) is 19.3 Å². The van der Waals surface area contributed by atoms with Crippen molar-refractivity contribution < 1.29 is 0 Å². The van der Waals surface area contributed by atoms with Crippen molar-refractivity contribution in [3.63, 3.8) is 0 Å². The first-order valence-corrected chi connectivity index (χ1v) is 7.11. The van der Waals surface area contributed by atoms with E-state index in [4.69, 9.17) is 10.7 Å². The van der Waals surface area contributed by atoms with E-state index in [1.165, 1.54) is 17.1 Å². The minimum absolute atomic E-state index is 0.284. The van der Waals surface area contributed by atoms with Crippen molar-refractivity contribution in [3.05, 3.63) is 16.1 Å². The molecule has 2 N–H and O–H groups in total. The largest absolute Gasteiger partial charge is 0.327 e. The smallest absolute Gasteiger partial charge is 0.0964 e. The van der Waals surface area contributed by atoms with Crippen LogP contribution in [0.25, 0.3) is 0 Å². The summed E-state index contributed by atoms with van der Waals surface area (Å²) < 4.78 is 0. The van der Waals surface area contributed by atoms with Crippen molar-refractivity contribution in [1.29, 1.82) is 0 Å². The Kier molecular flexibility index (Phi) is 3.36. The molecule has 2 nitrogen and oxygen atoms in total. The van der Waals surface area contributed by atoms with Crippen molar-refractivity contribution in [2.45, 2.75) is 58.4 Å². The molecule has 1 aromatic rings. The van der Waals surface area contributed by atoms with E-state index < -0.39 is 0 Å². The van der Waals surface area contributed by atoms with Gasteiger partial charge in [-0.25, -0.2) is 4.98 Å². The van der Waals surface area contributed by atoms with Gasteiger partial charge in [0.2, 0.25) is 0 Å². The van der Waals surface area contributed by atoms with Crippen LogP contribution in [0.2, 0.25) is 0 Å². The third-order valence-corrected chi connectivity index (χ3v) is 4.52. The second kappa shape index (κ2) is 4.46. The lowest BCUT2D eigenvalue weighted by Gasteiger charge is -2.07. The highest BCUT2D eigenvalue weighted by Gasteiger charge is 2.48. The molecule has 0 bridgehead atoms. The lowest BCUT2D eigenvalue weighted by Crippen LogP contribution is -2.22. The van der Waals surface area contributed by atoms with Gasteiger partial charge in [-0.05, 0) is 18.3 Å². The summed E-state index contributed by atoms with van der Waals surface area (Å²) in [5.41, 5.74) is 7.72. The molecule has 1 aromatic heterocycles. The molecule has 90 valence electrons. The molecule has 2 atom stereocenters. The number of nitrogens with zero attached hydrogens (tertiary/aromatic N) is 1. The molecule has 3 heteroatoms. The fourth-order valence-electron chi connectivity index (χ4n) is 2.21. The minimum atomic E-state index is 0.284. The Hall–Kier alpha value is -0.410. The molecule has 2 unspecified atom stereocenters. The Morgan fingerprint density at radius 1 is 1.62 bits per heavy atom. The summed E-state index contributed by atoms with van der Waals surface area (Å²) >= 11 is 1.82. The van der Waals surface area contributed by atoms with Crippen LogP contribution in [0.4, 0.5) is 0 Å². The van der Waals surface area contributed by atoms with Gasteiger partial charge in [0.25, 0.3) is 0 Å². The number of nitrogens with two attached hydrogens (primary N) is 1. The van der Waals surface area contributed by atoms with Crippen molar-refractivity contribution in [2.75, 3.05) is 0 Å². The first kappa shape index (κ1) is 12.1. The standard InChI is InChI=1S/C13H22N2S/c1-4-5-9(14)6-10-8-16-12(15-10)11-7-13(11,2)3/h8-9,11H,4-7,14H2,1-3H3. The number of hydrogen-bond acceptors (Lipinski definition) is 3. The summed E-state index contributed by atoms with van der Waals surface area (Å²) in [6, 6.07) is 0.284. The van der Waals surface area contributed by atoms with Crippen LogP contribution in [-0.2, 0) is 6.42 Å². The average Bonchev–Trinajstić information content (AvgIpc) is 2.63. The second-order valence-corrected chi connectivity index (χ2v) is 6.56. The summed E-state index contributed by atoms with van der Waals surface area (Å²) in [5.74, 6) is 0.702. The number of thiazole rings is 1. The predicted octanol–water partition coefficient (Wildman–Crippen LogP) is 3.33. The van der Waals surface area contributed by atoms with E-state index in [0.29, 0.717) is 11.3 Å². The summed E-state index contributed by atoms with van der Waals surface area (Å²) in [5, 5.41) is 3.52. The van der Waals surface area contributed by atoms with Gasteiger partial charge in [0, 0.05) is 23.8 Å². The molecule has 0 radical (unpaired) electrons. The van der Waals surface area contributed by atoms with Crippen LogP contribution in [-0.4, -0.2) is 11.0 Å². The maximum Gasteiger partial charge on any atom is 0.0964 e. The van der Waals surface area contributed by atoms with Crippen molar-refractivity contribution in [3.8, 4) is 0 Å². The molecular formula is C13H22N2S. The van der Waals surface area contributed by atoms with E-state index in [1.807, 2.05) is 11.3 Å². The van der Waals surface area contributed by atoms with E-state index in [2.05, 4.69) is 26.2 Å². The van der Waals surface area contributed by atoms with Gasteiger partial charge in [0.05, 0.1) is 10.7 Å². The Morgan fingerprint density at radius 3 is 2.88 bits per heavy atom. The number of aromatic nitrogens is 1. The normalized spacial score (nSPS) is 24.4.